The fourth-order valence-corrected chi connectivity index (χ4v) is 5.79. The lowest BCUT2D eigenvalue weighted by Gasteiger charge is -2.24. The van der Waals surface area contributed by atoms with Crippen LogP contribution in [0.25, 0.3) is 0 Å². The molecule has 0 aliphatic rings. The third-order valence-corrected chi connectivity index (χ3v) is 7.84. The standard InChI is InChI=1S/C22H24NO2P/c24-22(21-11-15-23-16-12-21)26(25,17-13-19-7-3-1-4-8-19)18-14-20-9-5-2-6-10-20/h1-12,15-16,22,24H,13-14,17-18H2. The molecule has 3 aromatic rings. The SMILES string of the molecule is O=P(CCc1ccccc1)(CCc1ccccc1)C(O)c1ccncc1. The maximum Gasteiger partial charge on any atom is 0.132 e. The Bertz CT molecular complexity index is 790. The molecule has 0 aliphatic heterocycles. The van der Waals surface area contributed by atoms with Gasteiger partial charge in [0.05, 0.1) is 0 Å². The molecule has 1 N–H and O–H groups in total. The Balaban J connectivity index is 1.78. The number of rotatable bonds is 8. The Hall–Kier alpha value is -2.22. The van der Waals surface area contributed by atoms with Crippen molar-refractivity contribution < 1.29 is 9.67 Å². The summed E-state index contributed by atoms with van der Waals surface area (Å²) in [6, 6.07) is 23.6. The second-order valence-electron chi connectivity index (χ2n) is 6.52. The first-order chi connectivity index (χ1) is 12.7. The Morgan fingerprint density at radius 3 is 1.69 bits per heavy atom. The van der Waals surface area contributed by atoms with E-state index in [1.165, 1.54) is 0 Å². The van der Waals surface area contributed by atoms with Gasteiger partial charge in [-0.15, -0.1) is 0 Å². The molecule has 1 atom stereocenters. The predicted octanol–water partition coefficient (Wildman–Crippen LogP) is 4.92. The maximum absolute atomic E-state index is 13.8. The molecule has 0 bridgehead atoms. The van der Waals surface area contributed by atoms with Gasteiger partial charge in [-0.2, -0.15) is 0 Å². The van der Waals surface area contributed by atoms with Crippen molar-refractivity contribution in [2.45, 2.75) is 18.7 Å². The number of pyridine rings is 1. The lowest BCUT2D eigenvalue weighted by molar-refractivity contribution is 0.252. The van der Waals surface area contributed by atoms with Gasteiger partial charge in [-0.25, -0.2) is 0 Å². The predicted molar refractivity (Wildman–Crippen MR) is 107 cm³/mol. The Kier molecular flexibility index (Phi) is 6.38. The van der Waals surface area contributed by atoms with E-state index in [-0.39, 0.29) is 0 Å². The minimum atomic E-state index is -2.84. The highest BCUT2D eigenvalue weighted by molar-refractivity contribution is 7.64. The molecule has 134 valence electrons. The van der Waals surface area contributed by atoms with E-state index in [1.807, 2.05) is 60.7 Å². The minimum absolute atomic E-state index is 0.493. The molecule has 3 nitrogen and oxygen atoms in total. The Labute approximate surface area is 155 Å². The average Bonchev–Trinajstić information content (AvgIpc) is 2.72. The van der Waals surface area contributed by atoms with Gasteiger partial charge in [0.15, 0.2) is 0 Å². The van der Waals surface area contributed by atoms with Crippen LogP contribution in [-0.2, 0) is 17.4 Å². The van der Waals surface area contributed by atoms with Crippen LogP contribution in [-0.4, -0.2) is 22.4 Å². The van der Waals surface area contributed by atoms with Crippen molar-refractivity contribution in [2.24, 2.45) is 0 Å². The average molecular weight is 365 g/mol. The molecule has 1 unspecified atom stereocenters. The van der Waals surface area contributed by atoms with Crippen LogP contribution in [0.2, 0.25) is 0 Å². The summed E-state index contributed by atoms with van der Waals surface area (Å²) in [5, 5.41) is 10.9. The zero-order chi connectivity index (χ0) is 18.2. The second kappa shape index (κ2) is 8.93. The Morgan fingerprint density at radius 2 is 1.23 bits per heavy atom. The van der Waals surface area contributed by atoms with Gasteiger partial charge < -0.3 is 9.67 Å². The van der Waals surface area contributed by atoms with Gasteiger partial charge in [0, 0.05) is 24.7 Å². The molecule has 1 heterocycles. The summed E-state index contributed by atoms with van der Waals surface area (Å²) in [6.07, 6.45) is 5.67. The van der Waals surface area contributed by atoms with E-state index in [2.05, 4.69) is 4.98 Å². The highest BCUT2D eigenvalue weighted by Gasteiger charge is 2.32. The zero-order valence-electron chi connectivity index (χ0n) is 14.7. The molecular formula is C22H24NO2P. The maximum atomic E-state index is 13.8. The van der Waals surface area contributed by atoms with Crippen LogP contribution in [0.1, 0.15) is 22.5 Å². The third-order valence-electron chi connectivity index (χ3n) is 4.69. The van der Waals surface area contributed by atoms with Crippen LogP contribution in [0, 0.1) is 0 Å². The molecule has 0 saturated heterocycles. The van der Waals surface area contributed by atoms with Crippen LogP contribution in [0.5, 0.6) is 0 Å². The second-order valence-corrected chi connectivity index (χ2v) is 9.81. The van der Waals surface area contributed by atoms with Crippen molar-refractivity contribution in [1.29, 1.82) is 0 Å². The van der Waals surface area contributed by atoms with Crippen molar-refractivity contribution in [1.82, 2.24) is 4.98 Å². The largest absolute Gasteiger partial charge is 0.381 e. The topological polar surface area (TPSA) is 50.2 Å². The van der Waals surface area contributed by atoms with Crippen molar-refractivity contribution in [2.75, 3.05) is 12.3 Å². The van der Waals surface area contributed by atoms with Gasteiger partial charge in [0.1, 0.15) is 13.0 Å². The Morgan fingerprint density at radius 1 is 0.769 bits per heavy atom. The molecule has 26 heavy (non-hydrogen) atoms. The summed E-state index contributed by atoms with van der Waals surface area (Å²) >= 11 is 0. The molecule has 0 spiro atoms. The molecule has 0 radical (unpaired) electrons. The highest BCUT2D eigenvalue weighted by Crippen LogP contribution is 2.58. The summed E-state index contributed by atoms with van der Waals surface area (Å²) in [6.45, 7) is 0. The molecule has 0 saturated carbocycles. The van der Waals surface area contributed by atoms with Crippen molar-refractivity contribution in [3.8, 4) is 0 Å². The van der Waals surface area contributed by atoms with Crippen LogP contribution in [0.3, 0.4) is 0 Å². The monoisotopic (exact) mass is 365 g/mol. The molecular weight excluding hydrogens is 341 g/mol. The van der Waals surface area contributed by atoms with Crippen molar-refractivity contribution >= 4 is 7.14 Å². The van der Waals surface area contributed by atoms with E-state index in [4.69, 9.17) is 0 Å². The zero-order valence-corrected chi connectivity index (χ0v) is 15.6. The van der Waals surface area contributed by atoms with E-state index in [0.717, 1.165) is 11.1 Å². The van der Waals surface area contributed by atoms with Crippen LogP contribution < -0.4 is 0 Å². The normalized spacial score (nSPS) is 12.7. The van der Waals surface area contributed by atoms with Gasteiger partial charge in [0.25, 0.3) is 0 Å². The first-order valence-electron chi connectivity index (χ1n) is 8.91. The first kappa shape index (κ1) is 18.6. The number of aliphatic hydroxyl groups excluding tert-OH is 1. The quantitative estimate of drug-likeness (QED) is 0.577. The number of aromatic nitrogens is 1. The third kappa shape index (κ3) is 4.91. The van der Waals surface area contributed by atoms with E-state index < -0.39 is 13.0 Å². The fourth-order valence-electron chi connectivity index (χ4n) is 3.09. The summed E-state index contributed by atoms with van der Waals surface area (Å²) < 4.78 is 13.8. The van der Waals surface area contributed by atoms with E-state index in [1.54, 1.807) is 24.5 Å². The van der Waals surface area contributed by atoms with Gasteiger partial charge in [-0.05, 0) is 41.7 Å². The highest BCUT2D eigenvalue weighted by atomic mass is 31.2. The number of hydrogen-bond donors (Lipinski definition) is 1. The number of nitrogens with zero attached hydrogens (tertiary/aromatic N) is 1. The first-order valence-corrected chi connectivity index (χ1v) is 11.1. The van der Waals surface area contributed by atoms with Crippen molar-refractivity contribution in [3.05, 3.63) is 102 Å². The number of aliphatic hydroxyl groups is 1. The van der Waals surface area contributed by atoms with Gasteiger partial charge >= 0.3 is 0 Å². The number of benzene rings is 2. The van der Waals surface area contributed by atoms with E-state index >= 15 is 0 Å². The molecule has 3 rings (SSSR count). The molecule has 2 aromatic carbocycles. The van der Waals surface area contributed by atoms with Crippen LogP contribution in [0.4, 0.5) is 0 Å². The lowest BCUT2D eigenvalue weighted by atomic mass is 10.2. The van der Waals surface area contributed by atoms with Gasteiger partial charge in [-0.3, -0.25) is 4.98 Å². The van der Waals surface area contributed by atoms with E-state index in [9.17, 15) is 9.67 Å². The summed E-state index contributed by atoms with van der Waals surface area (Å²) in [5.41, 5.74) is 2.98. The fraction of sp³-hybridized carbons (Fsp3) is 0.227. The van der Waals surface area contributed by atoms with Gasteiger partial charge in [-0.1, -0.05) is 60.7 Å². The van der Waals surface area contributed by atoms with Crippen LogP contribution in [0.15, 0.2) is 85.2 Å². The van der Waals surface area contributed by atoms with Gasteiger partial charge in [0.2, 0.25) is 0 Å². The summed E-state index contributed by atoms with van der Waals surface area (Å²) in [4.78, 5) is 4.00. The summed E-state index contributed by atoms with van der Waals surface area (Å²) in [7, 11) is -2.84. The lowest BCUT2D eigenvalue weighted by Crippen LogP contribution is -2.10. The van der Waals surface area contributed by atoms with Crippen LogP contribution >= 0.6 is 7.14 Å². The number of aryl methyl sites for hydroxylation is 2. The van der Waals surface area contributed by atoms with Crippen molar-refractivity contribution in [3.63, 3.8) is 0 Å². The number of hydrogen-bond acceptors (Lipinski definition) is 3. The molecule has 0 fully saturated rings. The molecule has 4 heteroatoms. The molecule has 1 aromatic heterocycles. The smallest absolute Gasteiger partial charge is 0.132 e. The summed E-state index contributed by atoms with van der Waals surface area (Å²) in [5.74, 6) is -0.946. The molecule has 0 amide bonds. The van der Waals surface area contributed by atoms with E-state index in [0.29, 0.717) is 30.7 Å². The minimum Gasteiger partial charge on any atom is -0.381 e. The molecule has 0 aliphatic carbocycles.